The minimum Gasteiger partial charge on any atom is -0.465 e. The fourth-order valence-corrected chi connectivity index (χ4v) is 3.78. The number of esters is 1. The van der Waals surface area contributed by atoms with E-state index in [0.29, 0.717) is 19.1 Å². The third kappa shape index (κ3) is 5.98. The highest BCUT2D eigenvalue weighted by Crippen LogP contribution is 2.38. The zero-order valence-electron chi connectivity index (χ0n) is 14.7. The summed E-state index contributed by atoms with van der Waals surface area (Å²) >= 11 is 0. The van der Waals surface area contributed by atoms with Crippen LogP contribution in [0.4, 0.5) is 0 Å². The molecular weight excluding hydrogens is 286 g/mol. The Balaban J connectivity index is 1.93. The first kappa shape index (κ1) is 18.0. The Hall–Kier alpha value is -1.35. The van der Waals surface area contributed by atoms with Gasteiger partial charge in [-0.25, -0.2) is 0 Å². The van der Waals surface area contributed by atoms with E-state index in [1.54, 1.807) is 0 Å². The molecule has 0 aliphatic heterocycles. The molecule has 0 N–H and O–H groups in total. The fraction of sp³-hybridized carbons (Fsp3) is 0.650. The van der Waals surface area contributed by atoms with Crippen molar-refractivity contribution in [2.45, 2.75) is 51.4 Å². The van der Waals surface area contributed by atoms with Crippen LogP contribution in [0.3, 0.4) is 0 Å². The standard InChI is InChI=1S/C20H31NO2/c1-3-23-20(22)16-21(2)15-14-19(17-10-6-4-7-11-17)18-12-8-5-9-13-18/h4,6-7,10-11,18-19H,3,5,8-9,12-16H2,1-2H3. The number of hydrogen-bond acceptors (Lipinski definition) is 3. The maximum Gasteiger partial charge on any atom is 0.320 e. The quantitative estimate of drug-likeness (QED) is 0.672. The number of likely N-dealkylation sites (N-methyl/N-ethyl adjacent to an activating group) is 1. The molecule has 128 valence electrons. The Morgan fingerprint density at radius 3 is 2.57 bits per heavy atom. The van der Waals surface area contributed by atoms with Crippen molar-refractivity contribution in [2.75, 3.05) is 26.7 Å². The monoisotopic (exact) mass is 317 g/mol. The van der Waals surface area contributed by atoms with E-state index in [9.17, 15) is 4.79 Å². The van der Waals surface area contributed by atoms with Crippen molar-refractivity contribution in [2.24, 2.45) is 5.92 Å². The number of benzene rings is 1. The van der Waals surface area contributed by atoms with Crippen molar-refractivity contribution in [3.63, 3.8) is 0 Å². The predicted octanol–water partition coefficient (Wildman–Crippen LogP) is 4.24. The average Bonchev–Trinajstić information content (AvgIpc) is 2.57. The zero-order chi connectivity index (χ0) is 16.5. The summed E-state index contributed by atoms with van der Waals surface area (Å²) in [4.78, 5) is 13.7. The van der Waals surface area contributed by atoms with E-state index in [1.807, 2.05) is 14.0 Å². The molecule has 0 bridgehead atoms. The summed E-state index contributed by atoms with van der Waals surface area (Å²) < 4.78 is 5.04. The van der Waals surface area contributed by atoms with Crippen LogP contribution < -0.4 is 0 Å². The Kier molecular flexibility index (Phi) is 7.60. The lowest BCUT2D eigenvalue weighted by Gasteiger charge is -2.32. The second-order valence-corrected chi connectivity index (χ2v) is 6.75. The number of ether oxygens (including phenoxy) is 1. The van der Waals surface area contributed by atoms with Gasteiger partial charge in [-0.3, -0.25) is 9.69 Å². The number of carbonyl (C=O) groups is 1. The SMILES string of the molecule is CCOC(=O)CN(C)CCC(c1ccccc1)C1CCCCC1. The maximum atomic E-state index is 11.6. The van der Waals surface area contributed by atoms with E-state index in [1.165, 1.54) is 37.7 Å². The lowest BCUT2D eigenvalue weighted by atomic mass is 9.75. The summed E-state index contributed by atoms with van der Waals surface area (Å²) in [7, 11) is 2.01. The van der Waals surface area contributed by atoms with E-state index in [2.05, 4.69) is 35.2 Å². The summed E-state index contributed by atoms with van der Waals surface area (Å²) in [5.41, 5.74) is 1.46. The van der Waals surface area contributed by atoms with E-state index < -0.39 is 0 Å². The molecule has 0 saturated heterocycles. The molecule has 1 aromatic carbocycles. The molecule has 1 atom stereocenters. The third-order valence-corrected chi connectivity index (χ3v) is 4.97. The van der Waals surface area contributed by atoms with Crippen LogP contribution in [0, 0.1) is 5.92 Å². The maximum absolute atomic E-state index is 11.6. The van der Waals surface area contributed by atoms with Crippen LogP contribution in [-0.4, -0.2) is 37.6 Å². The van der Waals surface area contributed by atoms with E-state index in [-0.39, 0.29) is 5.97 Å². The summed E-state index contributed by atoms with van der Waals surface area (Å²) in [6.07, 6.45) is 7.94. The average molecular weight is 317 g/mol. The first-order chi connectivity index (χ1) is 11.2. The van der Waals surface area contributed by atoms with Gasteiger partial charge in [-0.15, -0.1) is 0 Å². The molecule has 0 amide bonds. The Bertz CT molecular complexity index is 454. The Morgan fingerprint density at radius 2 is 1.91 bits per heavy atom. The zero-order valence-corrected chi connectivity index (χ0v) is 14.7. The molecule has 3 heteroatoms. The highest BCUT2D eigenvalue weighted by atomic mass is 16.5. The van der Waals surface area contributed by atoms with Gasteiger partial charge in [0.1, 0.15) is 0 Å². The highest BCUT2D eigenvalue weighted by molar-refractivity contribution is 5.71. The fourth-order valence-electron chi connectivity index (χ4n) is 3.78. The van der Waals surface area contributed by atoms with Gasteiger partial charge in [-0.1, -0.05) is 49.6 Å². The van der Waals surface area contributed by atoms with Gasteiger partial charge in [-0.05, 0) is 57.2 Å². The molecular formula is C20H31NO2. The lowest BCUT2D eigenvalue weighted by Crippen LogP contribution is -2.30. The molecule has 1 unspecified atom stereocenters. The van der Waals surface area contributed by atoms with Gasteiger partial charge in [0.05, 0.1) is 13.2 Å². The van der Waals surface area contributed by atoms with Crippen LogP contribution in [-0.2, 0) is 9.53 Å². The van der Waals surface area contributed by atoms with E-state index >= 15 is 0 Å². The van der Waals surface area contributed by atoms with Crippen LogP contribution in [0.25, 0.3) is 0 Å². The molecule has 1 aliphatic rings. The van der Waals surface area contributed by atoms with Crippen LogP contribution in [0.2, 0.25) is 0 Å². The van der Waals surface area contributed by atoms with E-state index in [0.717, 1.165) is 18.9 Å². The van der Waals surface area contributed by atoms with Crippen LogP contribution in [0.5, 0.6) is 0 Å². The van der Waals surface area contributed by atoms with Crippen molar-refractivity contribution < 1.29 is 9.53 Å². The molecule has 0 spiro atoms. The molecule has 0 aromatic heterocycles. The van der Waals surface area contributed by atoms with Crippen molar-refractivity contribution in [3.05, 3.63) is 35.9 Å². The van der Waals surface area contributed by atoms with Crippen molar-refractivity contribution in [3.8, 4) is 0 Å². The predicted molar refractivity (Wildman–Crippen MR) is 94.5 cm³/mol. The molecule has 1 aliphatic carbocycles. The normalized spacial score (nSPS) is 17.2. The summed E-state index contributed by atoms with van der Waals surface area (Å²) in [5.74, 6) is 1.28. The molecule has 2 rings (SSSR count). The van der Waals surface area contributed by atoms with Gasteiger partial charge in [0.2, 0.25) is 0 Å². The second-order valence-electron chi connectivity index (χ2n) is 6.75. The molecule has 0 heterocycles. The number of rotatable bonds is 8. The topological polar surface area (TPSA) is 29.5 Å². The van der Waals surface area contributed by atoms with Gasteiger partial charge in [0, 0.05) is 0 Å². The Labute approximate surface area is 141 Å². The second kappa shape index (κ2) is 9.71. The Morgan fingerprint density at radius 1 is 1.22 bits per heavy atom. The van der Waals surface area contributed by atoms with Gasteiger partial charge >= 0.3 is 5.97 Å². The van der Waals surface area contributed by atoms with Crippen molar-refractivity contribution in [1.29, 1.82) is 0 Å². The van der Waals surface area contributed by atoms with Gasteiger partial charge < -0.3 is 4.74 Å². The van der Waals surface area contributed by atoms with Crippen LogP contribution in [0.1, 0.15) is 56.9 Å². The van der Waals surface area contributed by atoms with Crippen LogP contribution in [0.15, 0.2) is 30.3 Å². The molecule has 1 saturated carbocycles. The molecule has 23 heavy (non-hydrogen) atoms. The van der Waals surface area contributed by atoms with Gasteiger partial charge in [0.15, 0.2) is 0 Å². The van der Waals surface area contributed by atoms with Crippen LogP contribution >= 0.6 is 0 Å². The molecule has 1 fully saturated rings. The first-order valence-corrected chi connectivity index (χ1v) is 9.09. The number of nitrogens with zero attached hydrogens (tertiary/aromatic N) is 1. The first-order valence-electron chi connectivity index (χ1n) is 9.09. The van der Waals surface area contributed by atoms with Crippen molar-refractivity contribution >= 4 is 5.97 Å². The largest absolute Gasteiger partial charge is 0.465 e. The minimum absolute atomic E-state index is 0.121. The lowest BCUT2D eigenvalue weighted by molar-refractivity contribution is -0.144. The smallest absolute Gasteiger partial charge is 0.320 e. The minimum atomic E-state index is -0.121. The van der Waals surface area contributed by atoms with E-state index in [4.69, 9.17) is 4.74 Å². The summed E-state index contributed by atoms with van der Waals surface area (Å²) in [6.45, 7) is 3.64. The van der Waals surface area contributed by atoms with Gasteiger partial charge in [0.25, 0.3) is 0 Å². The third-order valence-electron chi connectivity index (χ3n) is 4.97. The molecule has 0 radical (unpaired) electrons. The number of carbonyl (C=O) groups excluding carboxylic acids is 1. The highest BCUT2D eigenvalue weighted by Gasteiger charge is 2.25. The summed E-state index contributed by atoms with van der Waals surface area (Å²) in [5, 5.41) is 0. The molecule has 3 nitrogen and oxygen atoms in total. The summed E-state index contributed by atoms with van der Waals surface area (Å²) in [6, 6.07) is 10.9. The van der Waals surface area contributed by atoms with Gasteiger partial charge in [-0.2, -0.15) is 0 Å². The van der Waals surface area contributed by atoms with Crippen molar-refractivity contribution in [1.82, 2.24) is 4.90 Å². The molecule has 1 aromatic rings. The number of hydrogen-bond donors (Lipinski definition) is 0.